The lowest BCUT2D eigenvalue weighted by molar-refractivity contribution is 0.576. The minimum absolute atomic E-state index is 0.0286. The number of allylic oxidation sites excluding steroid dienone is 9. The number of rotatable bonds is 4. The number of hydrogen-bond acceptors (Lipinski definition) is 3. The second-order valence-corrected chi connectivity index (χ2v) is 13.8. The minimum Gasteiger partial charge on any atom is -0.456 e. The van der Waals surface area contributed by atoms with Crippen molar-refractivity contribution in [2.45, 2.75) is 56.9 Å². The van der Waals surface area contributed by atoms with Crippen molar-refractivity contribution >= 4 is 39.0 Å². The summed E-state index contributed by atoms with van der Waals surface area (Å²) in [5.41, 5.74) is 12.4. The summed E-state index contributed by atoms with van der Waals surface area (Å²) in [7, 11) is 0. The maximum absolute atomic E-state index is 6.55. The van der Waals surface area contributed by atoms with Gasteiger partial charge in [0.05, 0.1) is 6.04 Å². The predicted octanol–water partition coefficient (Wildman–Crippen LogP) is 10.5. The normalized spacial score (nSPS) is 24.5. The van der Waals surface area contributed by atoms with E-state index in [0.29, 0.717) is 5.92 Å². The van der Waals surface area contributed by atoms with Crippen molar-refractivity contribution < 1.29 is 4.42 Å². The molecule has 46 heavy (non-hydrogen) atoms. The van der Waals surface area contributed by atoms with Crippen LogP contribution in [0.15, 0.2) is 142 Å². The van der Waals surface area contributed by atoms with Gasteiger partial charge >= 0.3 is 0 Å². The highest BCUT2D eigenvalue weighted by atomic mass is 16.3. The second-order valence-electron chi connectivity index (χ2n) is 13.8. The Bertz CT molecular complexity index is 2170. The van der Waals surface area contributed by atoms with E-state index < -0.39 is 0 Å². The third kappa shape index (κ3) is 4.36. The van der Waals surface area contributed by atoms with Crippen LogP contribution >= 0.6 is 0 Å². The highest BCUT2D eigenvalue weighted by Gasteiger charge is 2.41. The van der Waals surface area contributed by atoms with Crippen molar-refractivity contribution in [1.29, 1.82) is 0 Å². The van der Waals surface area contributed by atoms with E-state index in [1.807, 2.05) is 0 Å². The SMILES string of the molecule is CC1(C)C2=C(C=CC(c3cccc(C4=CC(C5=CCCC=C5)N=C(C5C=CC=CC5)N4)c3)C2)c2ccc3c(oc4ccccc43)c21. The summed E-state index contributed by atoms with van der Waals surface area (Å²) < 4.78 is 6.55. The Morgan fingerprint density at radius 3 is 2.67 bits per heavy atom. The topological polar surface area (TPSA) is 37.5 Å². The number of para-hydroxylation sites is 1. The van der Waals surface area contributed by atoms with E-state index in [1.165, 1.54) is 49.7 Å². The molecular formula is C43H38N2O. The Hall–Kier alpha value is -4.89. The Morgan fingerprint density at radius 2 is 1.80 bits per heavy atom. The third-order valence-electron chi connectivity index (χ3n) is 10.6. The lowest BCUT2D eigenvalue weighted by Crippen LogP contribution is -2.34. The minimum atomic E-state index is -0.117. The van der Waals surface area contributed by atoms with Crippen LogP contribution in [0, 0.1) is 5.92 Å². The molecule has 5 aliphatic rings. The van der Waals surface area contributed by atoms with Gasteiger partial charge < -0.3 is 9.73 Å². The lowest BCUT2D eigenvalue weighted by Gasteiger charge is -2.30. The number of fused-ring (bicyclic) bond motifs is 6. The molecule has 2 heterocycles. The fourth-order valence-corrected chi connectivity index (χ4v) is 8.23. The molecule has 4 aliphatic carbocycles. The molecule has 9 rings (SSSR count). The molecule has 3 nitrogen and oxygen atoms in total. The van der Waals surface area contributed by atoms with Gasteiger partial charge in [-0.2, -0.15) is 0 Å². The molecule has 0 bridgehead atoms. The molecular weight excluding hydrogens is 560 g/mol. The average Bonchev–Trinajstić information content (AvgIpc) is 3.60. The van der Waals surface area contributed by atoms with Gasteiger partial charge in [-0.15, -0.1) is 0 Å². The zero-order valence-electron chi connectivity index (χ0n) is 26.5. The molecule has 3 aromatic carbocycles. The molecule has 226 valence electrons. The second kappa shape index (κ2) is 10.6. The van der Waals surface area contributed by atoms with Crippen LogP contribution in [0.4, 0.5) is 0 Å². The van der Waals surface area contributed by atoms with Crippen molar-refractivity contribution in [2.24, 2.45) is 10.9 Å². The standard InChI is InChI=1S/C43H38N2O/c1-43(2)36-25-30(20-21-32(36)34-22-23-35-33-18-9-10-19-39(33)46-41(35)40(34)43)29-16-11-17-31(24-29)38-26-37(27-12-5-3-6-13-27)44-42(45-38)28-14-7-4-8-15-28/h4-5,7-14,16-24,26,28,30,37H,3,6,15,25H2,1-2H3,(H,44,45). The summed E-state index contributed by atoms with van der Waals surface area (Å²) in [5, 5.41) is 6.17. The summed E-state index contributed by atoms with van der Waals surface area (Å²) in [6.07, 6.45) is 27.0. The first-order valence-corrected chi connectivity index (χ1v) is 16.8. The summed E-state index contributed by atoms with van der Waals surface area (Å²) in [6, 6.07) is 22.2. The van der Waals surface area contributed by atoms with Gasteiger partial charge in [0.25, 0.3) is 0 Å². The quantitative estimate of drug-likeness (QED) is 0.254. The number of furan rings is 1. The van der Waals surface area contributed by atoms with Gasteiger partial charge in [-0.1, -0.05) is 117 Å². The third-order valence-corrected chi connectivity index (χ3v) is 10.6. The van der Waals surface area contributed by atoms with E-state index in [1.54, 1.807) is 0 Å². The molecule has 0 saturated carbocycles. The maximum atomic E-state index is 6.55. The number of aliphatic imine (C=N–C) groups is 1. The molecule has 0 fully saturated rings. The van der Waals surface area contributed by atoms with Crippen LogP contribution in [-0.4, -0.2) is 11.9 Å². The van der Waals surface area contributed by atoms with Crippen LogP contribution in [0.1, 0.15) is 67.7 Å². The van der Waals surface area contributed by atoms with Crippen molar-refractivity contribution in [2.75, 3.05) is 0 Å². The van der Waals surface area contributed by atoms with Crippen LogP contribution in [-0.2, 0) is 5.41 Å². The van der Waals surface area contributed by atoms with Crippen LogP contribution in [0.2, 0.25) is 0 Å². The molecule has 4 aromatic rings. The van der Waals surface area contributed by atoms with Gasteiger partial charge in [-0.3, -0.25) is 4.99 Å². The Balaban J connectivity index is 1.04. The van der Waals surface area contributed by atoms with E-state index >= 15 is 0 Å². The van der Waals surface area contributed by atoms with Crippen molar-refractivity contribution in [3.8, 4) is 0 Å². The predicted molar refractivity (Wildman–Crippen MR) is 192 cm³/mol. The number of amidine groups is 1. The number of nitrogens with zero attached hydrogens (tertiary/aromatic N) is 1. The van der Waals surface area contributed by atoms with E-state index in [0.717, 1.165) is 48.4 Å². The van der Waals surface area contributed by atoms with Gasteiger partial charge in [-0.05, 0) is 77.8 Å². The summed E-state index contributed by atoms with van der Waals surface area (Å²) >= 11 is 0. The van der Waals surface area contributed by atoms with Crippen LogP contribution in [0.3, 0.4) is 0 Å². The molecule has 1 aliphatic heterocycles. The Labute approximate surface area is 270 Å². The first-order chi connectivity index (χ1) is 22.5. The van der Waals surface area contributed by atoms with Gasteiger partial charge in [0.2, 0.25) is 0 Å². The van der Waals surface area contributed by atoms with Gasteiger partial charge in [0, 0.05) is 39.3 Å². The maximum Gasteiger partial charge on any atom is 0.140 e. The highest BCUT2D eigenvalue weighted by Crippen LogP contribution is 2.55. The van der Waals surface area contributed by atoms with E-state index in [-0.39, 0.29) is 17.4 Å². The lowest BCUT2D eigenvalue weighted by atomic mass is 9.74. The van der Waals surface area contributed by atoms with E-state index in [9.17, 15) is 0 Å². The molecule has 0 amide bonds. The molecule has 3 heteroatoms. The Kier molecular flexibility index (Phi) is 6.31. The number of benzene rings is 3. The van der Waals surface area contributed by atoms with E-state index in [2.05, 4.69) is 141 Å². The van der Waals surface area contributed by atoms with Gasteiger partial charge in [-0.25, -0.2) is 0 Å². The van der Waals surface area contributed by atoms with Gasteiger partial charge in [0.1, 0.15) is 17.0 Å². The summed E-state index contributed by atoms with van der Waals surface area (Å²) in [5.74, 6) is 1.63. The molecule has 1 N–H and O–H groups in total. The van der Waals surface area contributed by atoms with Crippen molar-refractivity contribution in [3.63, 3.8) is 0 Å². The van der Waals surface area contributed by atoms with E-state index in [4.69, 9.17) is 9.41 Å². The monoisotopic (exact) mass is 598 g/mol. The van der Waals surface area contributed by atoms with Gasteiger partial charge in [0.15, 0.2) is 0 Å². The van der Waals surface area contributed by atoms with Crippen molar-refractivity contribution in [3.05, 3.63) is 155 Å². The van der Waals surface area contributed by atoms with Crippen LogP contribution in [0.5, 0.6) is 0 Å². The van der Waals surface area contributed by atoms with Crippen molar-refractivity contribution in [1.82, 2.24) is 5.32 Å². The molecule has 0 spiro atoms. The summed E-state index contributed by atoms with van der Waals surface area (Å²) in [4.78, 5) is 5.22. The summed E-state index contributed by atoms with van der Waals surface area (Å²) in [6.45, 7) is 4.77. The fraction of sp³-hybridized carbons (Fsp3) is 0.233. The largest absolute Gasteiger partial charge is 0.456 e. The molecule has 0 saturated heterocycles. The average molecular weight is 599 g/mol. The zero-order chi connectivity index (χ0) is 30.8. The Morgan fingerprint density at radius 1 is 0.870 bits per heavy atom. The molecule has 3 unspecified atom stereocenters. The first kappa shape index (κ1) is 27.4. The molecule has 1 aromatic heterocycles. The molecule has 3 atom stereocenters. The number of nitrogens with one attached hydrogen (secondary N) is 1. The number of hydrogen-bond donors (Lipinski definition) is 1. The highest BCUT2D eigenvalue weighted by molar-refractivity contribution is 6.09. The smallest absolute Gasteiger partial charge is 0.140 e. The fourth-order valence-electron chi connectivity index (χ4n) is 8.23. The van der Waals surface area contributed by atoms with Crippen LogP contribution < -0.4 is 5.32 Å². The molecule has 0 radical (unpaired) electrons. The first-order valence-electron chi connectivity index (χ1n) is 16.8. The zero-order valence-corrected chi connectivity index (χ0v) is 26.5. The van der Waals surface area contributed by atoms with Crippen LogP contribution in [0.25, 0.3) is 33.2 Å².